The lowest BCUT2D eigenvalue weighted by Gasteiger charge is -2.41. The van der Waals surface area contributed by atoms with Gasteiger partial charge in [0.25, 0.3) is 0 Å². The molecule has 11 heavy (non-hydrogen) atoms. The highest BCUT2D eigenvalue weighted by Crippen LogP contribution is 2.48. The van der Waals surface area contributed by atoms with E-state index in [1.54, 1.807) is 0 Å². The molecule has 1 heterocycles. The Kier molecular flexibility index (Phi) is 0.965. The van der Waals surface area contributed by atoms with Gasteiger partial charge in [0.15, 0.2) is 0 Å². The molecule has 0 spiro atoms. The fourth-order valence-corrected chi connectivity index (χ4v) is 2.36. The van der Waals surface area contributed by atoms with Gasteiger partial charge in [-0.15, -0.1) is 0 Å². The minimum absolute atomic E-state index is 0.793. The van der Waals surface area contributed by atoms with Gasteiger partial charge in [0.2, 0.25) is 0 Å². The van der Waals surface area contributed by atoms with Crippen LogP contribution < -0.4 is 0 Å². The number of aromatic nitrogens is 1. The summed E-state index contributed by atoms with van der Waals surface area (Å²) in [7, 11) is 0. The summed E-state index contributed by atoms with van der Waals surface area (Å²) in [4.78, 5) is 4.31. The molecule has 1 saturated carbocycles. The Morgan fingerprint density at radius 2 is 2.36 bits per heavy atom. The molecule has 4 rings (SSSR count). The Morgan fingerprint density at radius 3 is 3.18 bits per heavy atom. The van der Waals surface area contributed by atoms with Gasteiger partial charge in [-0.2, -0.15) is 0 Å². The average Bonchev–Trinajstić information content (AvgIpc) is 2.02. The van der Waals surface area contributed by atoms with Crippen molar-refractivity contribution in [3.8, 4) is 0 Å². The molecule has 1 fully saturated rings. The van der Waals surface area contributed by atoms with E-state index in [4.69, 9.17) is 0 Å². The second kappa shape index (κ2) is 1.84. The second-order valence-corrected chi connectivity index (χ2v) is 3.72. The minimum atomic E-state index is 0.793. The van der Waals surface area contributed by atoms with Gasteiger partial charge in [0.05, 0.1) is 6.20 Å². The molecular formula is C10H10N. The molecule has 1 aromatic heterocycles. The number of hydrogen-bond donors (Lipinski definition) is 0. The molecule has 0 aliphatic heterocycles. The highest BCUT2D eigenvalue weighted by Gasteiger charge is 2.37. The van der Waals surface area contributed by atoms with E-state index in [0.29, 0.717) is 0 Å². The van der Waals surface area contributed by atoms with Crippen molar-refractivity contribution in [2.45, 2.75) is 25.2 Å². The molecule has 0 atom stereocenters. The third kappa shape index (κ3) is 0.684. The lowest BCUT2D eigenvalue weighted by atomic mass is 9.64. The summed E-state index contributed by atoms with van der Waals surface area (Å²) < 4.78 is 0. The molecule has 3 aliphatic rings. The summed E-state index contributed by atoms with van der Waals surface area (Å²) in [5, 5.41) is 0. The topological polar surface area (TPSA) is 12.9 Å². The number of rotatable bonds is 0. The molecule has 1 nitrogen and oxygen atoms in total. The maximum atomic E-state index is 4.31. The third-order valence-corrected chi connectivity index (χ3v) is 3.00. The van der Waals surface area contributed by atoms with E-state index in [1.165, 1.54) is 30.5 Å². The van der Waals surface area contributed by atoms with E-state index >= 15 is 0 Å². The molecule has 0 unspecified atom stereocenters. The summed E-state index contributed by atoms with van der Waals surface area (Å²) in [6.07, 6.45) is 6.97. The van der Waals surface area contributed by atoms with Crippen molar-refractivity contribution in [1.29, 1.82) is 0 Å². The van der Waals surface area contributed by atoms with Crippen molar-refractivity contribution in [3.05, 3.63) is 29.6 Å². The Bertz CT molecular complexity index is 287. The fraction of sp³-hybridized carbons (Fsp3) is 0.500. The van der Waals surface area contributed by atoms with Crippen molar-refractivity contribution >= 4 is 0 Å². The Hall–Kier alpha value is -0.850. The molecular weight excluding hydrogens is 134 g/mol. The maximum absolute atomic E-state index is 4.31. The van der Waals surface area contributed by atoms with E-state index in [-0.39, 0.29) is 0 Å². The molecule has 0 amide bonds. The van der Waals surface area contributed by atoms with Crippen LogP contribution in [-0.4, -0.2) is 4.98 Å². The first-order valence-corrected chi connectivity index (χ1v) is 4.29. The van der Waals surface area contributed by atoms with Crippen molar-refractivity contribution in [2.75, 3.05) is 0 Å². The van der Waals surface area contributed by atoms with Crippen LogP contribution in [0.15, 0.2) is 12.1 Å². The van der Waals surface area contributed by atoms with E-state index in [2.05, 4.69) is 17.2 Å². The summed E-state index contributed by atoms with van der Waals surface area (Å²) >= 11 is 0. The normalized spacial score (nSPS) is 32.4. The molecule has 55 valence electrons. The fourth-order valence-electron chi connectivity index (χ4n) is 2.36. The van der Waals surface area contributed by atoms with Crippen molar-refractivity contribution in [1.82, 2.24) is 4.98 Å². The van der Waals surface area contributed by atoms with Gasteiger partial charge in [-0.25, -0.2) is 0 Å². The summed E-state index contributed by atoms with van der Waals surface area (Å²) in [6, 6.07) is 4.12. The Labute approximate surface area is 66.5 Å². The van der Waals surface area contributed by atoms with Crippen LogP contribution in [0.25, 0.3) is 0 Å². The lowest BCUT2D eigenvalue weighted by Crippen LogP contribution is -2.31. The van der Waals surface area contributed by atoms with Gasteiger partial charge in [0.1, 0.15) is 0 Å². The molecule has 0 N–H and O–H groups in total. The molecule has 0 aromatic carbocycles. The summed E-state index contributed by atoms with van der Waals surface area (Å²) in [6.45, 7) is 0. The Morgan fingerprint density at radius 1 is 1.45 bits per heavy atom. The molecule has 1 radical (unpaired) electrons. The van der Waals surface area contributed by atoms with Gasteiger partial charge in [-0.3, -0.25) is 4.98 Å². The first-order valence-electron chi connectivity index (χ1n) is 4.29. The zero-order valence-corrected chi connectivity index (χ0v) is 6.38. The predicted octanol–water partition coefficient (Wildman–Crippen LogP) is 1.93. The molecule has 1 aromatic rings. The monoisotopic (exact) mass is 144 g/mol. The Balaban J connectivity index is 2.16. The zero-order valence-electron chi connectivity index (χ0n) is 6.38. The van der Waals surface area contributed by atoms with E-state index in [9.17, 15) is 0 Å². The minimum Gasteiger partial charge on any atom is -0.251 e. The van der Waals surface area contributed by atoms with Crippen LogP contribution in [0.2, 0.25) is 0 Å². The maximum Gasteiger partial charge on any atom is 0.0889 e. The smallest absolute Gasteiger partial charge is 0.0889 e. The standard InChI is InChI=1S/C10H10N/c1-2-8-4-7-5-9(6-7)10(8)11-3-1/h1-2,7,9H,4-6H2. The van der Waals surface area contributed by atoms with Gasteiger partial charge >= 0.3 is 0 Å². The predicted molar refractivity (Wildman–Crippen MR) is 42.2 cm³/mol. The summed E-state index contributed by atoms with van der Waals surface area (Å²) in [5.41, 5.74) is 2.83. The van der Waals surface area contributed by atoms with Crippen LogP contribution in [0.3, 0.4) is 0 Å². The first kappa shape index (κ1) is 5.76. The van der Waals surface area contributed by atoms with Crippen molar-refractivity contribution in [2.24, 2.45) is 5.92 Å². The summed E-state index contributed by atoms with van der Waals surface area (Å²) in [5.74, 6) is 1.78. The van der Waals surface area contributed by atoms with Gasteiger partial charge in [-0.05, 0) is 36.8 Å². The van der Waals surface area contributed by atoms with Gasteiger partial charge in [0, 0.05) is 11.6 Å². The second-order valence-electron chi connectivity index (χ2n) is 3.72. The van der Waals surface area contributed by atoms with Crippen LogP contribution in [-0.2, 0) is 6.42 Å². The van der Waals surface area contributed by atoms with Crippen molar-refractivity contribution in [3.63, 3.8) is 0 Å². The number of pyridine rings is 1. The van der Waals surface area contributed by atoms with Crippen LogP contribution in [0, 0.1) is 12.1 Å². The zero-order chi connectivity index (χ0) is 7.26. The van der Waals surface area contributed by atoms with E-state index in [0.717, 1.165) is 11.8 Å². The van der Waals surface area contributed by atoms with Crippen molar-refractivity contribution < 1.29 is 0 Å². The third-order valence-electron chi connectivity index (χ3n) is 3.00. The van der Waals surface area contributed by atoms with E-state index in [1.807, 2.05) is 6.07 Å². The number of nitrogens with zero attached hydrogens (tertiary/aromatic N) is 1. The van der Waals surface area contributed by atoms with Crippen LogP contribution >= 0.6 is 0 Å². The molecule has 2 bridgehead atoms. The van der Waals surface area contributed by atoms with Crippen LogP contribution in [0.4, 0.5) is 0 Å². The van der Waals surface area contributed by atoms with Gasteiger partial charge < -0.3 is 0 Å². The van der Waals surface area contributed by atoms with Gasteiger partial charge in [-0.1, -0.05) is 6.07 Å². The average molecular weight is 144 g/mol. The quantitative estimate of drug-likeness (QED) is 0.542. The van der Waals surface area contributed by atoms with Crippen LogP contribution in [0.5, 0.6) is 0 Å². The van der Waals surface area contributed by atoms with Crippen LogP contribution in [0.1, 0.15) is 30.0 Å². The molecule has 1 heteroatoms. The highest BCUT2D eigenvalue weighted by molar-refractivity contribution is 5.30. The SMILES string of the molecule is [c]1ccc2c(n1)C1CC(C2)C1. The highest BCUT2D eigenvalue weighted by atomic mass is 14.7. The largest absolute Gasteiger partial charge is 0.251 e. The van der Waals surface area contributed by atoms with E-state index < -0.39 is 0 Å². The first-order chi connectivity index (χ1) is 5.43. The number of hydrogen-bond acceptors (Lipinski definition) is 1. The lowest BCUT2D eigenvalue weighted by molar-refractivity contribution is 0.231. The molecule has 0 saturated heterocycles. The molecule has 3 aliphatic carbocycles.